The molecule has 9 heteroatoms. The van der Waals surface area contributed by atoms with E-state index in [1.807, 2.05) is 6.07 Å². The fourth-order valence-corrected chi connectivity index (χ4v) is 3.43. The molecule has 0 atom stereocenters. The molecule has 3 aromatic rings. The molecule has 7 nitrogen and oxygen atoms in total. The topological polar surface area (TPSA) is 109 Å². The number of nitriles is 1. The van der Waals surface area contributed by atoms with Gasteiger partial charge in [-0.25, -0.2) is 4.79 Å². The minimum Gasteiger partial charge on any atom is -0.493 e. The first-order valence-electron chi connectivity index (χ1n) is 9.82. The molecule has 1 amide bonds. The summed E-state index contributed by atoms with van der Waals surface area (Å²) in [6, 6.07) is 17.6. The highest BCUT2D eigenvalue weighted by Crippen LogP contribution is 2.32. The molecule has 0 fully saturated rings. The molecule has 0 aliphatic rings. The van der Waals surface area contributed by atoms with Crippen LogP contribution in [-0.4, -0.2) is 24.1 Å². The number of ether oxygens (including phenoxy) is 2. The second-order valence-electron chi connectivity index (χ2n) is 6.91. The zero-order chi connectivity index (χ0) is 24.7. The number of amides is 1. The highest BCUT2D eigenvalue weighted by atomic mass is 35.5. The Morgan fingerprint density at radius 2 is 1.74 bits per heavy atom. The zero-order valence-corrected chi connectivity index (χ0v) is 19.4. The van der Waals surface area contributed by atoms with Crippen LogP contribution in [0.1, 0.15) is 21.5 Å². The molecule has 0 bridgehead atoms. The third-order valence-corrected chi connectivity index (χ3v) is 5.40. The van der Waals surface area contributed by atoms with Gasteiger partial charge in [0.25, 0.3) is 5.91 Å². The van der Waals surface area contributed by atoms with Crippen molar-refractivity contribution < 1.29 is 24.2 Å². The van der Waals surface area contributed by atoms with Crippen LogP contribution in [-0.2, 0) is 11.4 Å². The number of aromatic carboxylic acids is 1. The average Bonchev–Trinajstić information content (AvgIpc) is 2.82. The number of benzene rings is 3. The molecular weight excluding hydrogens is 479 g/mol. The lowest BCUT2D eigenvalue weighted by atomic mass is 10.1. The minimum atomic E-state index is -1.08. The summed E-state index contributed by atoms with van der Waals surface area (Å²) in [6.07, 6.45) is 1.40. The van der Waals surface area contributed by atoms with Crippen LogP contribution in [0.15, 0.2) is 66.2 Å². The van der Waals surface area contributed by atoms with Crippen LogP contribution in [0, 0.1) is 11.3 Å². The molecule has 0 aliphatic heterocycles. The normalized spacial score (nSPS) is 10.8. The van der Waals surface area contributed by atoms with Gasteiger partial charge in [-0.3, -0.25) is 4.79 Å². The van der Waals surface area contributed by atoms with E-state index < -0.39 is 11.9 Å². The van der Waals surface area contributed by atoms with Crippen molar-refractivity contribution in [2.45, 2.75) is 6.61 Å². The number of carbonyl (C=O) groups excluding carboxylic acids is 1. The molecule has 0 saturated heterocycles. The fraction of sp³-hybridized carbons (Fsp3) is 0.0800. The molecule has 0 aromatic heterocycles. The Morgan fingerprint density at radius 1 is 1.06 bits per heavy atom. The van der Waals surface area contributed by atoms with Gasteiger partial charge in [0, 0.05) is 21.3 Å². The number of anilines is 1. The Morgan fingerprint density at radius 3 is 2.32 bits per heavy atom. The summed E-state index contributed by atoms with van der Waals surface area (Å²) < 4.78 is 11.2. The lowest BCUT2D eigenvalue weighted by Gasteiger charge is -2.13. The van der Waals surface area contributed by atoms with Crippen molar-refractivity contribution in [2.24, 2.45) is 0 Å². The standard InChI is InChI=1S/C25H18Cl2N2O5/c1-33-23-12-15(5-10-22(23)34-14-19-20(26)3-2-4-21(19)27)11-17(13-28)24(30)29-18-8-6-16(7-9-18)25(31)32/h2-12H,14H2,1H3,(H,29,30)(H,31,32)/b17-11+. The second-order valence-corrected chi connectivity index (χ2v) is 7.72. The van der Waals surface area contributed by atoms with Crippen LogP contribution in [0.25, 0.3) is 6.08 Å². The maximum absolute atomic E-state index is 12.5. The van der Waals surface area contributed by atoms with Crippen molar-refractivity contribution in [1.29, 1.82) is 5.26 Å². The van der Waals surface area contributed by atoms with Crippen molar-refractivity contribution in [3.63, 3.8) is 0 Å². The molecule has 0 saturated carbocycles. The number of carbonyl (C=O) groups is 2. The summed E-state index contributed by atoms with van der Waals surface area (Å²) in [4.78, 5) is 23.5. The molecule has 0 spiro atoms. The maximum atomic E-state index is 12.5. The molecular formula is C25H18Cl2N2O5. The average molecular weight is 497 g/mol. The molecule has 34 heavy (non-hydrogen) atoms. The van der Waals surface area contributed by atoms with Crippen molar-refractivity contribution in [1.82, 2.24) is 0 Å². The van der Waals surface area contributed by atoms with Gasteiger partial charge in [-0.1, -0.05) is 35.3 Å². The first kappa shape index (κ1) is 24.6. The Bertz CT molecular complexity index is 1280. The lowest BCUT2D eigenvalue weighted by Crippen LogP contribution is -2.13. The first-order chi connectivity index (χ1) is 16.3. The minimum absolute atomic E-state index is 0.0836. The summed E-state index contributed by atoms with van der Waals surface area (Å²) in [7, 11) is 1.47. The van der Waals surface area contributed by atoms with Gasteiger partial charge in [0.15, 0.2) is 11.5 Å². The van der Waals surface area contributed by atoms with E-state index in [0.717, 1.165) is 0 Å². The smallest absolute Gasteiger partial charge is 0.335 e. The SMILES string of the molecule is COc1cc(/C=C(\C#N)C(=O)Nc2ccc(C(=O)O)cc2)ccc1OCc1c(Cl)cccc1Cl. The van der Waals surface area contributed by atoms with Crippen molar-refractivity contribution in [3.8, 4) is 17.6 Å². The van der Waals surface area contributed by atoms with Crippen molar-refractivity contribution in [3.05, 3.63) is 93.0 Å². The Labute approximate surface area is 205 Å². The highest BCUT2D eigenvalue weighted by molar-refractivity contribution is 6.35. The van der Waals surface area contributed by atoms with Crippen LogP contribution in [0.2, 0.25) is 10.0 Å². The quantitative estimate of drug-likeness (QED) is 0.300. The van der Waals surface area contributed by atoms with E-state index in [1.54, 1.807) is 36.4 Å². The van der Waals surface area contributed by atoms with Crippen LogP contribution >= 0.6 is 23.2 Å². The van der Waals surface area contributed by atoms with Gasteiger partial charge >= 0.3 is 5.97 Å². The van der Waals surface area contributed by atoms with E-state index in [2.05, 4.69) is 5.32 Å². The summed E-state index contributed by atoms with van der Waals surface area (Å²) in [5, 5.41) is 21.9. The molecule has 2 N–H and O–H groups in total. The lowest BCUT2D eigenvalue weighted by molar-refractivity contribution is -0.112. The monoisotopic (exact) mass is 496 g/mol. The van der Waals surface area contributed by atoms with E-state index in [-0.39, 0.29) is 17.7 Å². The molecule has 0 heterocycles. The van der Waals surface area contributed by atoms with E-state index >= 15 is 0 Å². The summed E-state index contributed by atoms with van der Waals surface area (Å²) in [5.74, 6) is -0.902. The number of nitrogens with zero attached hydrogens (tertiary/aromatic N) is 1. The van der Waals surface area contributed by atoms with Gasteiger partial charge < -0.3 is 19.9 Å². The van der Waals surface area contributed by atoms with Gasteiger partial charge in [-0.2, -0.15) is 5.26 Å². The fourth-order valence-electron chi connectivity index (χ4n) is 2.92. The summed E-state index contributed by atoms with van der Waals surface area (Å²) in [6.45, 7) is 0.122. The summed E-state index contributed by atoms with van der Waals surface area (Å²) >= 11 is 12.4. The Balaban J connectivity index is 1.76. The van der Waals surface area contributed by atoms with Gasteiger partial charge in [-0.15, -0.1) is 0 Å². The first-order valence-corrected chi connectivity index (χ1v) is 10.6. The Kier molecular flexibility index (Phi) is 8.14. The molecule has 0 aliphatic carbocycles. The number of halogens is 2. The number of methoxy groups -OCH3 is 1. The third-order valence-electron chi connectivity index (χ3n) is 4.69. The van der Waals surface area contributed by atoms with Crippen molar-refractivity contribution >= 4 is 46.8 Å². The predicted molar refractivity (Wildman–Crippen MR) is 129 cm³/mol. The Hall–Kier alpha value is -3.99. The second kappa shape index (κ2) is 11.2. The number of rotatable bonds is 8. The molecule has 0 unspecified atom stereocenters. The molecule has 0 radical (unpaired) electrons. The third kappa shape index (κ3) is 6.07. The van der Waals surface area contributed by atoms with Crippen LogP contribution in [0.3, 0.4) is 0 Å². The maximum Gasteiger partial charge on any atom is 0.335 e. The summed E-state index contributed by atoms with van der Waals surface area (Å²) in [5.41, 5.74) is 1.46. The largest absolute Gasteiger partial charge is 0.493 e. The van der Waals surface area contributed by atoms with Crippen molar-refractivity contribution in [2.75, 3.05) is 12.4 Å². The molecule has 3 aromatic carbocycles. The van der Waals surface area contributed by atoms with Crippen LogP contribution in [0.4, 0.5) is 5.69 Å². The number of carboxylic acid groups (broad SMARTS) is 1. The number of nitrogens with one attached hydrogen (secondary N) is 1. The van der Waals surface area contributed by atoms with Gasteiger partial charge in [0.1, 0.15) is 18.2 Å². The molecule has 172 valence electrons. The van der Waals surface area contributed by atoms with Gasteiger partial charge in [-0.05, 0) is 60.2 Å². The van der Waals surface area contributed by atoms with Gasteiger partial charge in [0.05, 0.1) is 12.7 Å². The van der Waals surface area contributed by atoms with E-state index in [1.165, 1.54) is 37.5 Å². The molecule has 3 rings (SSSR count). The number of carboxylic acids is 1. The van der Waals surface area contributed by atoms with E-state index in [0.29, 0.717) is 38.4 Å². The highest BCUT2D eigenvalue weighted by Gasteiger charge is 2.13. The zero-order valence-electron chi connectivity index (χ0n) is 17.8. The predicted octanol–water partition coefficient (Wildman–Crippen LogP) is 5.82. The number of hydrogen-bond acceptors (Lipinski definition) is 5. The van der Waals surface area contributed by atoms with Gasteiger partial charge in [0.2, 0.25) is 0 Å². The van der Waals surface area contributed by atoms with E-state index in [9.17, 15) is 14.9 Å². The van der Waals surface area contributed by atoms with E-state index in [4.69, 9.17) is 37.8 Å². The van der Waals surface area contributed by atoms with Crippen LogP contribution in [0.5, 0.6) is 11.5 Å². The number of hydrogen-bond donors (Lipinski definition) is 2. The van der Waals surface area contributed by atoms with Crippen LogP contribution < -0.4 is 14.8 Å².